The molecular formula is C22H26F3N3O3. The van der Waals surface area contributed by atoms with Gasteiger partial charge in [-0.3, -0.25) is 19.3 Å². The summed E-state index contributed by atoms with van der Waals surface area (Å²) in [6.45, 7) is 0.918. The van der Waals surface area contributed by atoms with Crippen molar-refractivity contribution in [2.45, 2.75) is 51.1 Å². The van der Waals surface area contributed by atoms with Crippen molar-refractivity contribution in [1.29, 1.82) is 0 Å². The number of nitrogens with one attached hydrogen (secondary N) is 1. The maximum Gasteiger partial charge on any atom is 0.416 e. The molecule has 0 spiro atoms. The third kappa shape index (κ3) is 4.41. The fraction of sp³-hybridized carbons (Fsp3) is 0.591. The number of piperidine rings is 1. The second-order valence-electron chi connectivity index (χ2n) is 8.59. The van der Waals surface area contributed by atoms with Crippen LogP contribution in [0.15, 0.2) is 18.2 Å². The molecule has 0 bridgehead atoms. The number of rotatable bonds is 4. The predicted octanol–water partition coefficient (Wildman–Crippen LogP) is 3.81. The summed E-state index contributed by atoms with van der Waals surface area (Å²) < 4.78 is 39.8. The quantitative estimate of drug-likeness (QED) is 0.728. The molecule has 1 saturated carbocycles. The van der Waals surface area contributed by atoms with Crippen LogP contribution in [0.25, 0.3) is 0 Å². The second kappa shape index (κ2) is 8.51. The van der Waals surface area contributed by atoms with Gasteiger partial charge >= 0.3 is 6.18 Å². The summed E-state index contributed by atoms with van der Waals surface area (Å²) in [7, 11) is 0. The Labute approximate surface area is 178 Å². The number of imide groups is 1. The maximum absolute atomic E-state index is 13.3. The summed E-state index contributed by atoms with van der Waals surface area (Å²) in [5.41, 5.74) is -0.282. The highest BCUT2D eigenvalue weighted by Gasteiger charge is 2.48. The largest absolute Gasteiger partial charge is 0.416 e. The number of alkyl halides is 3. The molecule has 168 valence electrons. The Hall–Kier alpha value is -2.58. The van der Waals surface area contributed by atoms with Crippen molar-refractivity contribution < 1.29 is 27.6 Å². The highest BCUT2D eigenvalue weighted by Crippen LogP contribution is 2.39. The molecule has 6 nitrogen and oxygen atoms in total. The number of benzene rings is 1. The van der Waals surface area contributed by atoms with Crippen LogP contribution in [0.3, 0.4) is 0 Å². The van der Waals surface area contributed by atoms with Crippen LogP contribution in [-0.2, 0) is 20.6 Å². The number of anilines is 2. The van der Waals surface area contributed by atoms with Crippen LogP contribution >= 0.6 is 0 Å². The van der Waals surface area contributed by atoms with Crippen molar-refractivity contribution in [3.8, 4) is 0 Å². The lowest BCUT2D eigenvalue weighted by molar-refractivity contribution is -0.142. The van der Waals surface area contributed by atoms with Crippen LogP contribution in [0.5, 0.6) is 0 Å². The Morgan fingerprint density at radius 1 is 0.968 bits per heavy atom. The molecule has 1 aromatic rings. The van der Waals surface area contributed by atoms with Gasteiger partial charge < -0.3 is 10.2 Å². The molecule has 3 amide bonds. The molecule has 2 heterocycles. The SMILES string of the molecule is O=C(CN1C(=O)C2CCCCC2C1=O)Nc1cc(C(F)(F)F)ccc1N1CCCCC1. The molecule has 31 heavy (non-hydrogen) atoms. The van der Waals surface area contributed by atoms with Crippen molar-refractivity contribution >= 4 is 29.1 Å². The topological polar surface area (TPSA) is 69.7 Å². The van der Waals surface area contributed by atoms with Gasteiger partial charge in [-0.15, -0.1) is 0 Å². The number of carbonyl (C=O) groups is 3. The fourth-order valence-electron chi connectivity index (χ4n) is 4.94. The third-order valence-corrected chi connectivity index (χ3v) is 6.53. The molecule has 9 heteroatoms. The first-order chi connectivity index (χ1) is 14.8. The average Bonchev–Trinajstić information content (AvgIpc) is 2.99. The molecule has 0 aromatic heterocycles. The summed E-state index contributed by atoms with van der Waals surface area (Å²) in [6.07, 6.45) is 1.40. The Kier molecular flexibility index (Phi) is 5.94. The number of amides is 3. The van der Waals surface area contributed by atoms with E-state index in [1.165, 1.54) is 6.07 Å². The predicted molar refractivity (Wildman–Crippen MR) is 108 cm³/mol. The summed E-state index contributed by atoms with van der Waals surface area (Å²) in [5, 5.41) is 2.54. The molecule has 3 aliphatic rings. The Balaban J connectivity index is 1.53. The summed E-state index contributed by atoms with van der Waals surface area (Å²) in [6, 6.07) is 3.32. The smallest absolute Gasteiger partial charge is 0.370 e. The van der Waals surface area contributed by atoms with E-state index in [4.69, 9.17) is 0 Å². The van der Waals surface area contributed by atoms with Gasteiger partial charge in [-0.05, 0) is 50.3 Å². The molecule has 1 aromatic carbocycles. The highest BCUT2D eigenvalue weighted by atomic mass is 19.4. The Morgan fingerprint density at radius 3 is 2.16 bits per heavy atom. The van der Waals surface area contributed by atoms with Crippen molar-refractivity contribution in [3.63, 3.8) is 0 Å². The minimum Gasteiger partial charge on any atom is -0.370 e. The first kappa shape index (κ1) is 21.6. The van der Waals surface area contributed by atoms with Gasteiger partial charge in [0.2, 0.25) is 17.7 Å². The van der Waals surface area contributed by atoms with Gasteiger partial charge in [0, 0.05) is 13.1 Å². The van der Waals surface area contributed by atoms with Gasteiger partial charge in [0.25, 0.3) is 0 Å². The monoisotopic (exact) mass is 437 g/mol. The van der Waals surface area contributed by atoms with Gasteiger partial charge in [0.1, 0.15) is 6.54 Å². The van der Waals surface area contributed by atoms with E-state index in [9.17, 15) is 27.6 Å². The van der Waals surface area contributed by atoms with Crippen molar-refractivity contribution in [2.75, 3.05) is 29.9 Å². The van der Waals surface area contributed by atoms with Gasteiger partial charge in [-0.25, -0.2) is 0 Å². The van der Waals surface area contributed by atoms with E-state index in [1.54, 1.807) is 0 Å². The molecular weight excluding hydrogens is 411 g/mol. The first-order valence-electron chi connectivity index (χ1n) is 10.9. The molecule has 3 fully saturated rings. The van der Waals surface area contributed by atoms with Crippen LogP contribution < -0.4 is 10.2 Å². The standard InChI is InChI=1S/C22H26F3N3O3/c23-22(24,25)14-8-9-18(27-10-4-1-5-11-27)17(12-14)26-19(29)13-28-20(30)15-6-2-3-7-16(15)21(28)31/h8-9,12,15-16H,1-7,10-11,13H2,(H,26,29). The fourth-order valence-corrected chi connectivity index (χ4v) is 4.94. The van der Waals surface area contributed by atoms with E-state index in [0.29, 0.717) is 31.6 Å². The van der Waals surface area contributed by atoms with E-state index >= 15 is 0 Å². The lowest BCUT2D eigenvalue weighted by Crippen LogP contribution is -2.38. The summed E-state index contributed by atoms with van der Waals surface area (Å²) in [4.78, 5) is 40.9. The lowest BCUT2D eigenvalue weighted by Gasteiger charge is -2.31. The summed E-state index contributed by atoms with van der Waals surface area (Å²) in [5.74, 6) is -2.09. The molecule has 2 atom stereocenters. The van der Waals surface area contributed by atoms with E-state index < -0.39 is 24.2 Å². The van der Waals surface area contributed by atoms with Crippen LogP contribution in [0, 0.1) is 11.8 Å². The number of nitrogens with zero attached hydrogens (tertiary/aromatic N) is 2. The zero-order valence-electron chi connectivity index (χ0n) is 17.2. The zero-order chi connectivity index (χ0) is 22.2. The molecule has 1 N–H and O–H groups in total. The van der Waals surface area contributed by atoms with Crippen LogP contribution in [0.2, 0.25) is 0 Å². The zero-order valence-corrected chi connectivity index (χ0v) is 17.2. The van der Waals surface area contributed by atoms with Crippen LogP contribution in [-0.4, -0.2) is 42.3 Å². The number of hydrogen-bond acceptors (Lipinski definition) is 4. The minimum atomic E-state index is -4.55. The summed E-state index contributed by atoms with van der Waals surface area (Å²) >= 11 is 0. The lowest BCUT2D eigenvalue weighted by atomic mass is 9.81. The van der Waals surface area contributed by atoms with E-state index in [0.717, 1.165) is 49.1 Å². The van der Waals surface area contributed by atoms with E-state index in [1.807, 2.05) is 4.90 Å². The maximum atomic E-state index is 13.3. The van der Waals surface area contributed by atoms with Crippen molar-refractivity contribution in [1.82, 2.24) is 4.90 Å². The molecule has 2 saturated heterocycles. The average molecular weight is 437 g/mol. The molecule has 4 rings (SSSR count). The van der Waals surface area contributed by atoms with Gasteiger partial charge in [-0.2, -0.15) is 13.2 Å². The van der Waals surface area contributed by atoms with Crippen molar-refractivity contribution in [2.24, 2.45) is 11.8 Å². The van der Waals surface area contributed by atoms with E-state index in [2.05, 4.69) is 5.32 Å². The molecule has 0 radical (unpaired) electrons. The van der Waals surface area contributed by atoms with Gasteiger partial charge in [0.15, 0.2) is 0 Å². The number of fused-ring (bicyclic) bond motifs is 1. The van der Waals surface area contributed by atoms with Crippen LogP contribution in [0.1, 0.15) is 50.5 Å². The Bertz CT molecular complexity index is 856. The number of carbonyl (C=O) groups excluding carboxylic acids is 3. The molecule has 2 aliphatic heterocycles. The van der Waals surface area contributed by atoms with Gasteiger partial charge in [0.05, 0.1) is 28.8 Å². The number of hydrogen-bond donors (Lipinski definition) is 1. The van der Waals surface area contributed by atoms with Crippen molar-refractivity contribution in [3.05, 3.63) is 23.8 Å². The normalized spacial score (nSPS) is 24.4. The second-order valence-corrected chi connectivity index (χ2v) is 8.59. The van der Waals surface area contributed by atoms with Gasteiger partial charge in [-0.1, -0.05) is 12.8 Å². The third-order valence-electron chi connectivity index (χ3n) is 6.53. The number of halogens is 3. The minimum absolute atomic E-state index is 0.0539. The van der Waals surface area contributed by atoms with Crippen LogP contribution in [0.4, 0.5) is 24.5 Å². The Morgan fingerprint density at radius 2 is 1.58 bits per heavy atom. The first-order valence-corrected chi connectivity index (χ1v) is 10.9. The van der Waals surface area contributed by atoms with E-state index in [-0.39, 0.29) is 29.3 Å². The molecule has 1 aliphatic carbocycles. The molecule has 2 unspecified atom stereocenters. The number of likely N-dealkylation sites (tertiary alicyclic amines) is 1. The highest BCUT2D eigenvalue weighted by molar-refractivity contribution is 6.09.